The standard InChI is InChI=1S/C11H14O2/c1-5-10(9(3)12-4)11-7-6-8(2)13-11/h5-7H,3H2,1-2,4H3/b10-5+. The molecule has 0 radical (unpaired) electrons. The van der Waals surface area contributed by atoms with Crippen LogP contribution in [-0.2, 0) is 4.74 Å². The molecule has 2 heteroatoms. The van der Waals surface area contributed by atoms with Crippen molar-refractivity contribution in [3.05, 3.63) is 42.1 Å². The summed E-state index contributed by atoms with van der Waals surface area (Å²) in [6.07, 6.45) is 1.92. The van der Waals surface area contributed by atoms with Crippen molar-refractivity contribution < 1.29 is 9.15 Å². The van der Waals surface area contributed by atoms with Crippen LogP contribution in [0.4, 0.5) is 0 Å². The van der Waals surface area contributed by atoms with E-state index in [1.54, 1.807) is 7.11 Å². The molecular weight excluding hydrogens is 164 g/mol. The van der Waals surface area contributed by atoms with Crippen LogP contribution in [0.25, 0.3) is 5.57 Å². The monoisotopic (exact) mass is 178 g/mol. The molecule has 0 atom stereocenters. The van der Waals surface area contributed by atoms with Crippen LogP contribution < -0.4 is 0 Å². The number of hydrogen-bond acceptors (Lipinski definition) is 2. The van der Waals surface area contributed by atoms with Crippen LogP contribution in [0.3, 0.4) is 0 Å². The Morgan fingerprint density at radius 1 is 1.54 bits per heavy atom. The maximum absolute atomic E-state index is 5.45. The third kappa shape index (κ3) is 2.02. The molecule has 0 N–H and O–H groups in total. The van der Waals surface area contributed by atoms with Crippen molar-refractivity contribution in [3.8, 4) is 0 Å². The number of rotatable bonds is 3. The highest BCUT2D eigenvalue weighted by Crippen LogP contribution is 2.23. The van der Waals surface area contributed by atoms with Gasteiger partial charge in [-0.15, -0.1) is 0 Å². The fourth-order valence-electron chi connectivity index (χ4n) is 1.13. The minimum absolute atomic E-state index is 0.622. The average Bonchev–Trinajstić information content (AvgIpc) is 2.53. The summed E-state index contributed by atoms with van der Waals surface area (Å²) in [6, 6.07) is 3.83. The van der Waals surface area contributed by atoms with Gasteiger partial charge < -0.3 is 9.15 Å². The van der Waals surface area contributed by atoms with Crippen molar-refractivity contribution in [2.75, 3.05) is 7.11 Å². The highest BCUT2D eigenvalue weighted by molar-refractivity contribution is 5.73. The third-order valence-corrected chi connectivity index (χ3v) is 1.84. The number of aryl methyl sites for hydroxylation is 1. The maximum atomic E-state index is 5.45. The maximum Gasteiger partial charge on any atom is 0.137 e. The first kappa shape index (κ1) is 9.65. The quantitative estimate of drug-likeness (QED) is 0.524. The molecule has 0 aliphatic rings. The highest BCUT2D eigenvalue weighted by Gasteiger charge is 2.08. The van der Waals surface area contributed by atoms with E-state index in [0.29, 0.717) is 5.76 Å². The molecule has 2 nitrogen and oxygen atoms in total. The summed E-state index contributed by atoms with van der Waals surface area (Å²) in [6.45, 7) is 7.62. The van der Waals surface area contributed by atoms with E-state index in [4.69, 9.17) is 9.15 Å². The number of hydrogen-bond donors (Lipinski definition) is 0. The summed E-state index contributed by atoms with van der Waals surface area (Å²) in [7, 11) is 1.60. The van der Waals surface area contributed by atoms with Crippen LogP contribution in [0.15, 0.2) is 35.0 Å². The molecule has 0 aromatic carbocycles. The lowest BCUT2D eigenvalue weighted by Gasteiger charge is -2.05. The molecule has 0 saturated carbocycles. The van der Waals surface area contributed by atoms with Gasteiger partial charge in [-0.3, -0.25) is 0 Å². The van der Waals surface area contributed by atoms with E-state index in [0.717, 1.165) is 17.1 Å². The van der Waals surface area contributed by atoms with Crippen LogP contribution in [0, 0.1) is 6.92 Å². The molecule has 1 rings (SSSR count). The second-order valence-corrected chi connectivity index (χ2v) is 2.74. The van der Waals surface area contributed by atoms with Crippen molar-refractivity contribution in [1.29, 1.82) is 0 Å². The minimum Gasteiger partial charge on any atom is -0.497 e. The zero-order valence-corrected chi connectivity index (χ0v) is 8.26. The molecule has 0 saturated heterocycles. The van der Waals surface area contributed by atoms with Crippen LogP contribution >= 0.6 is 0 Å². The molecule has 1 aromatic heterocycles. The summed E-state index contributed by atoms with van der Waals surface area (Å²) in [5, 5.41) is 0. The largest absolute Gasteiger partial charge is 0.497 e. The first-order valence-electron chi connectivity index (χ1n) is 4.15. The molecule has 0 fully saturated rings. The van der Waals surface area contributed by atoms with Crippen LogP contribution in [0.2, 0.25) is 0 Å². The van der Waals surface area contributed by atoms with Crippen molar-refractivity contribution in [1.82, 2.24) is 0 Å². The fraction of sp³-hybridized carbons (Fsp3) is 0.273. The molecule has 1 aromatic rings. The van der Waals surface area contributed by atoms with E-state index in [9.17, 15) is 0 Å². The van der Waals surface area contributed by atoms with Gasteiger partial charge in [0.05, 0.1) is 12.7 Å². The van der Waals surface area contributed by atoms with Gasteiger partial charge in [-0.2, -0.15) is 0 Å². The number of furan rings is 1. The topological polar surface area (TPSA) is 22.4 Å². The lowest BCUT2D eigenvalue weighted by molar-refractivity contribution is 0.311. The van der Waals surface area contributed by atoms with Crippen LogP contribution in [0.5, 0.6) is 0 Å². The predicted molar refractivity (Wildman–Crippen MR) is 53.2 cm³/mol. The van der Waals surface area contributed by atoms with Gasteiger partial charge in [0, 0.05) is 0 Å². The molecule has 0 unspecified atom stereocenters. The summed E-state index contributed by atoms with van der Waals surface area (Å²) in [5.41, 5.74) is 0.899. The Morgan fingerprint density at radius 3 is 2.62 bits per heavy atom. The molecule has 0 aliphatic carbocycles. The predicted octanol–water partition coefficient (Wildman–Crippen LogP) is 3.15. The second kappa shape index (κ2) is 3.99. The van der Waals surface area contributed by atoms with E-state index >= 15 is 0 Å². The normalized spacial score (nSPS) is 11.5. The first-order chi connectivity index (χ1) is 6.19. The Balaban J connectivity index is 2.99. The smallest absolute Gasteiger partial charge is 0.137 e. The summed E-state index contributed by atoms with van der Waals surface area (Å²) in [5.74, 6) is 2.31. The van der Waals surface area contributed by atoms with Gasteiger partial charge in [-0.1, -0.05) is 12.7 Å². The van der Waals surface area contributed by atoms with Crippen LogP contribution in [-0.4, -0.2) is 7.11 Å². The molecule has 0 spiro atoms. The third-order valence-electron chi connectivity index (χ3n) is 1.84. The van der Waals surface area contributed by atoms with Gasteiger partial charge >= 0.3 is 0 Å². The van der Waals surface area contributed by atoms with Gasteiger partial charge in [-0.05, 0) is 26.0 Å². The molecule has 0 amide bonds. The van der Waals surface area contributed by atoms with E-state index in [2.05, 4.69) is 6.58 Å². The van der Waals surface area contributed by atoms with Crippen molar-refractivity contribution in [2.45, 2.75) is 13.8 Å². The number of methoxy groups -OCH3 is 1. The summed E-state index contributed by atoms with van der Waals surface area (Å²) < 4.78 is 10.5. The Kier molecular flexibility index (Phi) is 2.96. The fourth-order valence-corrected chi connectivity index (χ4v) is 1.13. The van der Waals surface area contributed by atoms with Crippen molar-refractivity contribution >= 4 is 5.57 Å². The first-order valence-corrected chi connectivity index (χ1v) is 4.15. The zero-order valence-electron chi connectivity index (χ0n) is 8.26. The lowest BCUT2D eigenvalue weighted by Crippen LogP contribution is -1.88. The molecule has 0 aliphatic heterocycles. The van der Waals surface area contributed by atoms with Gasteiger partial charge in [0.15, 0.2) is 0 Å². The molecule has 13 heavy (non-hydrogen) atoms. The summed E-state index contributed by atoms with van der Waals surface area (Å²) in [4.78, 5) is 0. The zero-order chi connectivity index (χ0) is 9.84. The average molecular weight is 178 g/mol. The Labute approximate surface area is 78.5 Å². The van der Waals surface area contributed by atoms with Crippen molar-refractivity contribution in [2.24, 2.45) is 0 Å². The van der Waals surface area contributed by atoms with E-state index in [1.807, 2.05) is 32.1 Å². The Bertz CT molecular complexity index is 332. The Morgan fingerprint density at radius 2 is 2.23 bits per heavy atom. The van der Waals surface area contributed by atoms with Gasteiger partial charge in [0.25, 0.3) is 0 Å². The lowest BCUT2D eigenvalue weighted by atomic mass is 10.2. The second-order valence-electron chi connectivity index (χ2n) is 2.74. The van der Waals surface area contributed by atoms with E-state index < -0.39 is 0 Å². The van der Waals surface area contributed by atoms with Crippen molar-refractivity contribution in [3.63, 3.8) is 0 Å². The minimum atomic E-state index is 0.622. The van der Waals surface area contributed by atoms with E-state index in [-0.39, 0.29) is 0 Å². The molecular formula is C11H14O2. The van der Waals surface area contributed by atoms with Gasteiger partial charge in [-0.25, -0.2) is 0 Å². The molecule has 70 valence electrons. The molecule has 0 bridgehead atoms. The summed E-state index contributed by atoms with van der Waals surface area (Å²) >= 11 is 0. The SMILES string of the molecule is C=C(OC)/C(=C\C)c1ccc(C)o1. The van der Waals surface area contributed by atoms with Crippen LogP contribution in [0.1, 0.15) is 18.4 Å². The van der Waals surface area contributed by atoms with E-state index in [1.165, 1.54) is 0 Å². The highest BCUT2D eigenvalue weighted by atomic mass is 16.5. The van der Waals surface area contributed by atoms with Gasteiger partial charge in [0.2, 0.25) is 0 Å². The number of ether oxygens (including phenoxy) is 1. The molecule has 1 heterocycles. The van der Waals surface area contributed by atoms with Gasteiger partial charge in [0.1, 0.15) is 17.3 Å². The number of allylic oxidation sites excluding steroid dienone is 2. The Hall–Kier alpha value is -1.44.